The second-order valence-corrected chi connectivity index (χ2v) is 5.50. The molecule has 0 aliphatic carbocycles. The van der Waals surface area contributed by atoms with Gasteiger partial charge in [0.15, 0.2) is 0 Å². The predicted octanol–water partition coefficient (Wildman–Crippen LogP) is 4.58. The second kappa shape index (κ2) is 8.49. The zero-order valence-corrected chi connectivity index (χ0v) is 14.0. The minimum atomic E-state index is -0.517. The number of nitrogens with zero attached hydrogens (tertiary/aromatic N) is 1. The summed E-state index contributed by atoms with van der Waals surface area (Å²) in [6.07, 6.45) is 1.97. The van der Waals surface area contributed by atoms with E-state index in [2.05, 4.69) is 10.6 Å². The number of benzene rings is 2. The monoisotopic (exact) mass is 341 g/mol. The third-order valence-electron chi connectivity index (χ3n) is 3.17. The van der Waals surface area contributed by atoms with E-state index in [1.807, 2.05) is 19.9 Å². The van der Waals surface area contributed by atoms with Gasteiger partial charge in [0, 0.05) is 23.5 Å². The van der Waals surface area contributed by atoms with Crippen LogP contribution in [0.15, 0.2) is 60.2 Å². The SMILES string of the molecule is CC(C)=CCOc1ccc(NC(=O)Nc2cccc([N+](=O)[O-])c2)cc1. The van der Waals surface area contributed by atoms with E-state index >= 15 is 0 Å². The number of allylic oxidation sites excluding steroid dienone is 1. The number of nitro groups is 1. The van der Waals surface area contributed by atoms with Crippen molar-refractivity contribution < 1.29 is 14.5 Å². The Labute approximate surface area is 145 Å². The van der Waals surface area contributed by atoms with Crippen LogP contribution in [0.3, 0.4) is 0 Å². The number of amides is 2. The highest BCUT2D eigenvalue weighted by molar-refractivity contribution is 5.99. The normalized spacial score (nSPS) is 9.84. The summed E-state index contributed by atoms with van der Waals surface area (Å²) in [5, 5.41) is 15.9. The van der Waals surface area contributed by atoms with Crippen LogP contribution in [0.2, 0.25) is 0 Å². The average molecular weight is 341 g/mol. The molecule has 0 fully saturated rings. The van der Waals surface area contributed by atoms with Crippen molar-refractivity contribution in [3.05, 3.63) is 70.3 Å². The molecule has 7 heteroatoms. The molecule has 2 rings (SSSR count). The van der Waals surface area contributed by atoms with E-state index in [9.17, 15) is 14.9 Å². The maximum absolute atomic E-state index is 12.0. The van der Waals surface area contributed by atoms with E-state index in [4.69, 9.17) is 4.74 Å². The lowest BCUT2D eigenvalue weighted by Crippen LogP contribution is -2.19. The summed E-state index contributed by atoms with van der Waals surface area (Å²) < 4.78 is 5.54. The Morgan fingerprint density at radius 1 is 1.12 bits per heavy atom. The molecule has 2 aromatic rings. The number of anilines is 2. The van der Waals surface area contributed by atoms with Gasteiger partial charge in [-0.3, -0.25) is 10.1 Å². The van der Waals surface area contributed by atoms with E-state index in [1.54, 1.807) is 30.3 Å². The van der Waals surface area contributed by atoms with Crippen LogP contribution in [0.1, 0.15) is 13.8 Å². The average Bonchev–Trinajstić information content (AvgIpc) is 2.56. The molecule has 0 spiro atoms. The molecule has 0 bridgehead atoms. The minimum Gasteiger partial charge on any atom is -0.490 e. The van der Waals surface area contributed by atoms with Crippen molar-refractivity contribution in [2.45, 2.75) is 13.8 Å². The van der Waals surface area contributed by atoms with Gasteiger partial charge < -0.3 is 15.4 Å². The Bertz CT molecular complexity index is 781. The molecule has 0 aromatic heterocycles. The maximum Gasteiger partial charge on any atom is 0.323 e. The molecule has 0 unspecified atom stereocenters. The van der Waals surface area contributed by atoms with Crippen molar-refractivity contribution in [1.29, 1.82) is 0 Å². The van der Waals surface area contributed by atoms with Gasteiger partial charge in [0.05, 0.1) is 4.92 Å². The van der Waals surface area contributed by atoms with Crippen LogP contribution in [0, 0.1) is 10.1 Å². The number of nitrogens with one attached hydrogen (secondary N) is 2. The lowest BCUT2D eigenvalue weighted by Gasteiger charge is -2.09. The number of rotatable bonds is 6. The molecule has 0 atom stereocenters. The zero-order chi connectivity index (χ0) is 18.2. The molecule has 2 N–H and O–H groups in total. The van der Waals surface area contributed by atoms with E-state index < -0.39 is 11.0 Å². The van der Waals surface area contributed by atoms with E-state index in [0.29, 0.717) is 23.7 Å². The maximum atomic E-state index is 12.0. The number of urea groups is 1. The van der Waals surface area contributed by atoms with Crippen molar-refractivity contribution in [3.8, 4) is 5.75 Å². The zero-order valence-electron chi connectivity index (χ0n) is 14.0. The number of carbonyl (C=O) groups is 1. The predicted molar refractivity (Wildman–Crippen MR) is 97.1 cm³/mol. The molecule has 0 radical (unpaired) electrons. The fourth-order valence-corrected chi connectivity index (χ4v) is 1.93. The van der Waals surface area contributed by atoms with Crippen molar-refractivity contribution in [2.24, 2.45) is 0 Å². The summed E-state index contributed by atoms with van der Waals surface area (Å²) in [6.45, 7) is 4.48. The molecule has 2 amide bonds. The first-order valence-corrected chi connectivity index (χ1v) is 7.63. The van der Waals surface area contributed by atoms with Crippen LogP contribution in [-0.2, 0) is 0 Å². The van der Waals surface area contributed by atoms with Gasteiger partial charge in [-0.15, -0.1) is 0 Å². The van der Waals surface area contributed by atoms with Gasteiger partial charge in [0.25, 0.3) is 5.69 Å². The van der Waals surface area contributed by atoms with Gasteiger partial charge in [-0.1, -0.05) is 11.6 Å². The van der Waals surface area contributed by atoms with E-state index in [-0.39, 0.29) is 5.69 Å². The van der Waals surface area contributed by atoms with Crippen LogP contribution in [0.5, 0.6) is 5.75 Å². The molecule has 25 heavy (non-hydrogen) atoms. The summed E-state index contributed by atoms with van der Waals surface area (Å²) in [7, 11) is 0. The fourth-order valence-electron chi connectivity index (χ4n) is 1.93. The van der Waals surface area contributed by atoms with Gasteiger partial charge in [-0.2, -0.15) is 0 Å². The highest BCUT2D eigenvalue weighted by Crippen LogP contribution is 2.18. The third-order valence-corrected chi connectivity index (χ3v) is 3.17. The van der Waals surface area contributed by atoms with E-state index in [0.717, 1.165) is 0 Å². The number of ether oxygens (including phenoxy) is 1. The molecule has 0 aliphatic heterocycles. The van der Waals surface area contributed by atoms with Gasteiger partial charge >= 0.3 is 6.03 Å². The fraction of sp³-hybridized carbons (Fsp3) is 0.167. The Balaban J connectivity index is 1.91. The summed E-state index contributed by atoms with van der Waals surface area (Å²) in [4.78, 5) is 22.2. The number of nitro benzene ring substituents is 1. The molecule has 2 aromatic carbocycles. The van der Waals surface area contributed by atoms with Crippen LogP contribution in [0.4, 0.5) is 21.9 Å². The number of hydrogen-bond acceptors (Lipinski definition) is 4. The van der Waals surface area contributed by atoms with E-state index in [1.165, 1.54) is 23.8 Å². The van der Waals surface area contributed by atoms with Gasteiger partial charge in [0.2, 0.25) is 0 Å². The van der Waals surface area contributed by atoms with Crippen molar-refractivity contribution in [1.82, 2.24) is 0 Å². The smallest absolute Gasteiger partial charge is 0.323 e. The summed E-state index contributed by atoms with van der Waals surface area (Å²) in [5.74, 6) is 0.696. The lowest BCUT2D eigenvalue weighted by atomic mass is 10.3. The first-order chi connectivity index (χ1) is 11.9. The molecule has 0 saturated heterocycles. The van der Waals surface area contributed by atoms with Gasteiger partial charge in [0.1, 0.15) is 12.4 Å². The van der Waals surface area contributed by atoms with Gasteiger partial charge in [-0.25, -0.2) is 4.79 Å². The first kappa shape index (κ1) is 18.0. The largest absolute Gasteiger partial charge is 0.490 e. The van der Waals surface area contributed by atoms with Crippen LogP contribution in [0.25, 0.3) is 0 Å². The summed E-state index contributed by atoms with van der Waals surface area (Å²) >= 11 is 0. The van der Waals surface area contributed by atoms with Crippen LogP contribution in [-0.4, -0.2) is 17.6 Å². The van der Waals surface area contributed by atoms with Crippen LogP contribution < -0.4 is 15.4 Å². The summed E-state index contributed by atoms with van der Waals surface area (Å²) in [5.41, 5.74) is 2.01. The van der Waals surface area contributed by atoms with Gasteiger partial charge in [-0.05, 0) is 50.3 Å². The Hall–Kier alpha value is -3.35. The number of non-ortho nitro benzene ring substituents is 1. The topological polar surface area (TPSA) is 93.5 Å². The third kappa shape index (κ3) is 5.98. The second-order valence-electron chi connectivity index (χ2n) is 5.50. The van der Waals surface area contributed by atoms with Crippen molar-refractivity contribution in [2.75, 3.05) is 17.2 Å². The first-order valence-electron chi connectivity index (χ1n) is 7.63. The quantitative estimate of drug-likeness (QED) is 0.457. The molecule has 7 nitrogen and oxygen atoms in total. The van der Waals surface area contributed by atoms with Crippen molar-refractivity contribution >= 4 is 23.1 Å². The van der Waals surface area contributed by atoms with Crippen molar-refractivity contribution in [3.63, 3.8) is 0 Å². The highest BCUT2D eigenvalue weighted by Gasteiger charge is 2.08. The molecular weight excluding hydrogens is 322 g/mol. The molecular formula is C18H19N3O4. The molecule has 0 aliphatic rings. The Morgan fingerprint density at radius 2 is 1.80 bits per heavy atom. The standard InChI is InChI=1S/C18H19N3O4/c1-13(2)10-11-25-17-8-6-14(7-9-17)19-18(22)20-15-4-3-5-16(12-15)21(23)24/h3-10,12H,11H2,1-2H3,(H2,19,20,22). The van der Waals surface area contributed by atoms with Crippen LogP contribution >= 0.6 is 0 Å². The highest BCUT2D eigenvalue weighted by atomic mass is 16.6. The Morgan fingerprint density at radius 3 is 2.44 bits per heavy atom. The Kier molecular flexibility index (Phi) is 6.11. The molecule has 0 heterocycles. The number of carbonyl (C=O) groups excluding carboxylic acids is 1. The minimum absolute atomic E-state index is 0.0873. The number of hydrogen-bond donors (Lipinski definition) is 2. The lowest BCUT2D eigenvalue weighted by molar-refractivity contribution is -0.384. The summed E-state index contributed by atoms with van der Waals surface area (Å²) in [6, 6.07) is 12.2. The molecule has 0 saturated carbocycles. The molecule has 130 valence electrons.